The van der Waals surface area contributed by atoms with Gasteiger partial charge in [0.1, 0.15) is 0 Å². The summed E-state index contributed by atoms with van der Waals surface area (Å²) in [5.74, 6) is 2.44. The van der Waals surface area contributed by atoms with Crippen molar-refractivity contribution in [2.75, 3.05) is 5.75 Å². The molecule has 104 valence electrons. The van der Waals surface area contributed by atoms with Crippen LogP contribution in [0.15, 0.2) is 24.3 Å². The first-order valence-corrected chi connectivity index (χ1v) is 9.00. The van der Waals surface area contributed by atoms with E-state index < -0.39 is 0 Å². The van der Waals surface area contributed by atoms with Crippen LogP contribution in [0.3, 0.4) is 0 Å². The average Bonchev–Trinajstić information content (AvgIpc) is 2.42. The summed E-state index contributed by atoms with van der Waals surface area (Å²) >= 11 is 2.08. The highest BCUT2D eigenvalue weighted by Gasteiger charge is 2.22. The van der Waals surface area contributed by atoms with Crippen LogP contribution in [0.25, 0.3) is 0 Å². The van der Waals surface area contributed by atoms with Crippen LogP contribution in [0.5, 0.6) is 0 Å². The Hall–Kier alpha value is -0.470. The summed E-state index contributed by atoms with van der Waals surface area (Å²) in [6.07, 6.45) is 9.92. The third-order valence-corrected chi connectivity index (χ3v) is 5.60. The molecule has 1 unspecified atom stereocenters. The van der Waals surface area contributed by atoms with Crippen LogP contribution < -0.4 is 5.32 Å². The van der Waals surface area contributed by atoms with Gasteiger partial charge in [-0.3, -0.25) is 0 Å². The summed E-state index contributed by atoms with van der Waals surface area (Å²) in [6.45, 7) is 0. The number of hydrogen-bond donors (Lipinski definition) is 1. The van der Waals surface area contributed by atoms with Gasteiger partial charge in [-0.05, 0) is 24.0 Å². The zero-order chi connectivity index (χ0) is 12.9. The molecule has 1 aromatic carbocycles. The van der Waals surface area contributed by atoms with E-state index in [0.29, 0.717) is 6.04 Å². The number of nitrogens with one attached hydrogen (secondary N) is 1. The molecule has 1 nitrogen and oxygen atoms in total. The summed E-state index contributed by atoms with van der Waals surface area (Å²) in [5, 5.41) is 3.96. The van der Waals surface area contributed by atoms with Crippen molar-refractivity contribution < 1.29 is 0 Å². The van der Waals surface area contributed by atoms with Crippen LogP contribution in [0.2, 0.25) is 0 Å². The number of benzene rings is 1. The van der Waals surface area contributed by atoms with E-state index in [9.17, 15) is 0 Å². The number of thioether (sulfide) groups is 1. The molecule has 0 amide bonds. The Morgan fingerprint density at radius 1 is 0.947 bits per heavy atom. The maximum absolute atomic E-state index is 3.96. The van der Waals surface area contributed by atoms with Crippen molar-refractivity contribution in [2.45, 2.75) is 62.8 Å². The van der Waals surface area contributed by atoms with E-state index in [1.54, 1.807) is 11.1 Å². The third-order valence-electron chi connectivity index (χ3n) is 4.51. The van der Waals surface area contributed by atoms with E-state index >= 15 is 0 Å². The Labute approximate surface area is 121 Å². The molecular weight excluding hydrogens is 250 g/mol. The van der Waals surface area contributed by atoms with Gasteiger partial charge in [-0.1, -0.05) is 56.4 Å². The monoisotopic (exact) mass is 275 g/mol. The SMILES string of the molecule is c1ccc2c(c1)CSCC2NC1CCCCCCC1. The molecule has 0 bridgehead atoms. The Morgan fingerprint density at radius 2 is 1.68 bits per heavy atom. The first-order chi connectivity index (χ1) is 9.43. The molecule has 0 spiro atoms. The van der Waals surface area contributed by atoms with Crippen molar-refractivity contribution in [1.82, 2.24) is 5.32 Å². The lowest BCUT2D eigenvalue weighted by molar-refractivity contribution is 0.363. The smallest absolute Gasteiger partial charge is 0.0417 e. The van der Waals surface area contributed by atoms with Gasteiger partial charge in [0.25, 0.3) is 0 Å². The van der Waals surface area contributed by atoms with Gasteiger partial charge in [0.2, 0.25) is 0 Å². The van der Waals surface area contributed by atoms with Crippen LogP contribution in [0, 0.1) is 0 Å². The number of fused-ring (bicyclic) bond motifs is 1. The third kappa shape index (κ3) is 3.55. The van der Waals surface area contributed by atoms with Crippen molar-refractivity contribution in [3.63, 3.8) is 0 Å². The topological polar surface area (TPSA) is 12.0 Å². The van der Waals surface area contributed by atoms with Gasteiger partial charge in [0.15, 0.2) is 0 Å². The van der Waals surface area contributed by atoms with Gasteiger partial charge in [0.05, 0.1) is 0 Å². The molecule has 0 aromatic heterocycles. The highest BCUT2D eigenvalue weighted by atomic mass is 32.2. The highest BCUT2D eigenvalue weighted by Crippen LogP contribution is 2.32. The number of hydrogen-bond acceptors (Lipinski definition) is 2. The van der Waals surface area contributed by atoms with E-state index in [1.165, 1.54) is 56.5 Å². The summed E-state index contributed by atoms with van der Waals surface area (Å²) < 4.78 is 0. The molecule has 1 aliphatic carbocycles. The lowest BCUT2D eigenvalue weighted by Gasteiger charge is -2.31. The fraction of sp³-hybridized carbons (Fsp3) is 0.647. The maximum Gasteiger partial charge on any atom is 0.0417 e. The van der Waals surface area contributed by atoms with E-state index in [4.69, 9.17) is 0 Å². The molecule has 2 heteroatoms. The van der Waals surface area contributed by atoms with E-state index in [1.807, 2.05) is 0 Å². The summed E-state index contributed by atoms with van der Waals surface area (Å²) in [6, 6.07) is 10.3. The minimum Gasteiger partial charge on any atom is -0.306 e. The van der Waals surface area contributed by atoms with Crippen LogP contribution in [0.1, 0.15) is 62.1 Å². The molecule has 1 aromatic rings. The molecule has 1 heterocycles. The second-order valence-corrected chi connectivity index (χ2v) is 7.01. The standard InChI is InChI=1S/C17H25NS/c1-2-4-9-15(10-5-3-1)18-17-13-19-12-14-8-6-7-11-16(14)17/h6-8,11,15,17-18H,1-5,9-10,12-13H2. The molecule has 2 aliphatic rings. The molecule has 1 aliphatic heterocycles. The molecule has 1 N–H and O–H groups in total. The van der Waals surface area contributed by atoms with Crippen LogP contribution >= 0.6 is 11.8 Å². The van der Waals surface area contributed by atoms with Gasteiger partial charge in [-0.15, -0.1) is 0 Å². The Morgan fingerprint density at radius 3 is 2.53 bits per heavy atom. The van der Waals surface area contributed by atoms with Crippen molar-refractivity contribution >= 4 is 11.8 Å². The minimum atomic E-state index is 0.583. The highest BCUT2D eigenvalue weighted by molar-refractivity contribution is 7.98. The van der Waals surface area contributed by atoms with E-state index in [2.05, 4.69) is 41.3 Å². The molecule has 19 heavy (non-hydrogen) atoms. The van der Waals surface area contributed by atoms with Gasteiger partial charge >= 0.3 is 0 Å². The Bertz CT molecular complexity index is 396. The van der Waals surface area contributed by atoms with Crippen molar-refractivity contribution in [1.29, 1.82) is 0 Å². The first-order valence-electron chi connectivity index (χ1n) is 7.85. The lowest BCUT2D eigenvalue weighted by Crippen LogP contribution is -2.36. The van der Waals surface area contributed by atoms with Gasteiger partial charge in [-0.25, -0.2) is 0 Å². The quantitative estimate of drug-likeness (QED) is 0.841. The molecule has 0 saturated heterocycles. The minimum absolute atomic E-state index is 0.583. The number of rotatable bonds is 2. The maximum atomic E-state index is 3.96. The molecule has 1 fully saturated rings. The zero-order valence-corrected chi connectivity index (χ0v) is 12.6. The fourth-order valence-corrected chi connectivity index (χ4v) is 4.54. The molecule has 0 radical (unpaired) electrons. The van der Waals surface area contributed by atoms with Gasteiger partial charge in [-0.2, -0.15) is 11.8 Å². The predicted molar refractivity (Wildman–Crippen MR) is 84.6 cm³/mol. The molecular formula is C17H25NS. The Balaban J connectivity index is 1.66. The molecule has 1 saturated carbocycles. The van der Waals surface area contributed by atoms with E-state index in [-0.39, 0.29) is 0 Å². The summed E-state index contributed by atoms with van der Waals surface area (Å²) in [4.78, 5) is 0. The fourth-order valence-electron chi connectivity index (χ4n) is 3.43. The first kappa shape index (κ1) is 13.5. The van der Waals surface area contributed by atoms with Gasteiger partial charge in [0, 0.05) is 23.6 Å². The second kappa shape index (κ2) is 6.81. The van der Waals surface area contributed by atoms with E-state index in [0.717, 1.165) is 6.04 Å². The largest absolute Gasteiger partial charge is 0.306 e. The average molecular weight is 275 g/mol. The van der Waals surface area contributed by atoms with Gasteiger partial charge < -0.3 is 5.32 Å². The van der Waals surface area contributed by atoms with Crippen molar-refractivity contribution in [2.24, 2.45) is 0 Å². The van der Waals surface area contributed by atoms with Crippen molar-refractivity contribution in [3.05, 3.63) is 35.4 Å². The zero-order valence-electron chi connectivity index (χ0n) is 11.7. The molecule has 1 atom stereocenters. The summed E-state index contributed by atoms with van der Waals surface area (Å²) in [7, 11) is 0. The van der Waals surface area contributed by atoms with Crippen LogP contribution in [-0.2, 0) is 5.75 Å². The molecule has 3 rings (SSSR count). The summed E-state index contributed by atoms with van der Waals surface area (Å²) in [5.41, 5.74) is 3.10. The predicted octanol–water partition coefficient (Wildman–Crippen LogP) is 4.68. The van der Waals surface area contributed by atoms with Crippen LogP contribution in [0.4, 0.5) is 0 Å². The van der Waals surface area contributed by atoms with Crippen molar-refractivity contribution in [3.8, 4) is 0 Å². The normalized spacial score (nSPS) is 25.4. The second-order valence-electron chi connectivity index (χ2n) is 5.98. The lowest BCUT2D eigenvalue weighted by atomic mass is 9.94. The van der Waals surface area contributed by atoms with Crippen LogP contribution in [-0.4, -0.2) is 11.8 Å². The Kier molecular flexibility index (Phi) is 4.84.